The molecular formula is C24H22N6. The maximum absolute atomic E-state index is 10.5. The summed E-state index contributed by atoms with van der Waals surface area (Å²) >= 11 is 0. The van der Waals surface area contributed by atoms with Crippen molar-refractivity contribution in [2.75, 3.05) is 11.4 Å². The third kappa shape index (κ3) is 2.23. The number of benzene rings is 2. The van der Waals surface area contributed by atoms with Crippen molar-refractivity contribution in [3.63, 3.8) is 0 Å². The van der Waals surface area contributed by atoms with E-state index in [-0.39, 0.29) is 6.04 Å². The molecule has 2 atom stereocenters. The Balaban J connectivity index is 1.57. The number of H-pyrrole nitrogens is 1. The first-order chi connectivity index (χ1) is 14.7. The quantitative estimate of drug-likeness (QED) is 0.557. The summed E-state index contributed by atoms with van der Waals surface area (Å²) in [5, 5.41) is 15.4. The Hall–Kier alpha value is -3.59. The minimum Gasteiger partial charge on any atom is -0.351 e. The lowest BCUT2D eigenvalue weighted by Crippen LogP contribution is -2.52. The number of fused-ring (bicyclic) bond motifs is 4. The van der Waals surface area contributed by atoms with Crippen LogP contribution >= 0.6 is 0 Å². The summed E-state index contributed by atoms with van der Waals surface area (Å²) in [4.78, 5) is 10.8. The van der Waals surface area contributed by atoms with Crippen LogP contribution in [0.4, 0.5) is 5.82 Å². The number of nitrogens with zero attached hydrogens (tertiary/aromatic N) is 5. The Morgan fingerprint density at radius 2 is 1.93 bits per heavy atom. The number of rotatable bonds is 2. The van der Waals surface area contributed by atoms with Crippen molar-refractivity contribution in [1.82, 2.24) is 19.7 Å². The number of anilines is 1. The molecule has 0 radical (unpaired) electrons. The number of nitriles is 1. The van der Waals surface area contributed by atoms with Gasteiger partial charge in [-0.1, -0.05) is 30.3 Å². The normalized spacial score (nSPS) is 22.7. The minimum absolute atomic E-state index is 0.0779. The fraction of sp³-hybridized carbons (Fsp3) is 0.292. The zero-order valence-corrected chi connectivity index (χ0v) is 16.8. The SMILES string of the molecule is Cc1nn(-c2ccccc2)c2c1C[C@](C#N)(c1nc3ccccc3[nH]1)[C@@H]1CCCN21. The first-order valence-electron chi connectivity index (χ1n) is 10.5. The number of aromatic amines is 1. The van der Waals surface area contributed by atoms with Crippen LogP contribution in [0.5, 0.6) is 0 Å². The van der Waals surface area contributed by atoms with Gasteiger partial charge < -0.3 is 9.88 Å². The van der Waals surface area contributed by atoms with Crippen molar-refractivity contribution in [2.45, 2.75) is 37.6 Å². The molecule has 6 nitrogen and oxygen atoms in total. The van der Waals surface area contributed by atoms with Gasteiger partial charge in [-0.15, -0.1) is 0 Å². The molecule has 4 aromatic rings. The first-order valence-corrected chi connectivity index (χ1v) is 10.5. The van der Waals surface area contributed by atoms with E-state index < -0.39 is 5.41 Å². The van der Waals surface area contributed by atoms with Gasteiger partial charge in [0.1, 0.15) is 17.1 Å². The zero-order chi connectivity index (χ0) is 20.3. The molecule has 0 spiro atoms. The van der Waals surface area contributed by atoms with Crippen LogP contribution in [0, 0.1) is 18.3 Å². The summed E-state index contributed by atoms with van der Waals surface area (Å²) in [6, 6.07) is 21.1. The second-order valence-corrected chi connectivity index (χ2v) is 8.35. The van der Waals surface area contributed by atoms with Crippen LogP contribution in [0.3, 0.4) is 0 Å². The van der Waals surface area contributed by atoms with Gasteiger partial charge in [-0.05, 0) is 44.0 Å². The summed E-state index contributed by atoms with van der Waals surface area (Å²) in [5.41, 5.74) is 4.37. The number of nitrogens with one attached hydrogen (secondary N) is 1. The van der Waals surface area contributed by atoms with Gasteiger partial charge >= 0.3 is 0 Å². The molecule has 2 aliphatic rings. The van der Waals surface area contributed by atoms with Gasteiger partial charge in [0.2, 0.25) is 0 Å². The van der Waals surface area contributed by atoms with E-state index in [1.165, 1.54) is 0 Å². The van der Waals surface area contributed by atoms with E-state index in [4.69, 9.17) is 10.1 Å². The highest BCUT2D eigenvalue weighted by Crippen LogP contribution is 2.48. The van der Waals surface area contributed by atoms with E-state index in [1.807, 2.05) is 42.5 Å². The van der Waals surface area contributed by atoms with Crippen molar-refractivity contribution in [3.8, 4) is 11.8 Å². The minimum atomic E-state index is -0.710. The predicted octanol–water partition coefficient (Wildman–Crippen LogP) is 4.04. The molecule has 0 saturated carbocycles. The van der Waals surface area contributed by atoms with Crippen LogP contribution < -0.4 is 4.90 Å². The van der Waals surface area contributed by atoms with Crippen molar-refractivity contribution in [1.29, 1.82) is 5.26 Å². The van der Waals surface area contributed by atoms with Gasteiger partial charge in [0.05, 0.1) is 34.5 Å². The van der Waals surface area contributed by atoms with Gasteiger partial charge in [-0.2, -0.15) is 10.4 Å². The lowest BCUT2D eigenvalue weighted by molar-refractivity contribution is 0.390. The Labute approximate surface area is 174 Å². The number of hydrogen-bond donors (Lipinski definition) is 1. The molecule has 0 aliphatic carbocycles. The molecule has 0 unspecified atom stereocenters. The third-order valence-electron chi connectivity index (χ3n) is 6.72. The van der Waals surface area contributed by atoms with Crippen molar-refractivity contribution in [3.05, 3.63) is 71.7 Å². The fourth-order valence-electron chi connectivity index (χ4n) is 5.30. The molecular weight excluding hydrogens is 372 g/mol. The lowest BCUT2D eigenvalue weighted by Gasteiger charge is -2.42. The summed E-state index contributed by atoms with van der Waals surface area (Å²) in [5.74, 6) is 1.92. The Kier molecular flexibility index (Phi) is 3.57. The maximum atomic E-state index is 10.5. The van der Waals surface area contributed by atoms with E-state index in [0.29, 0.717) is 6.42 Å². The average molecular weight is 394 g/mol. The van der Waals surface area contributed by atoms with Crippen molar-refractivity contribution >= 4 is 16.9 Å². The standard InChI is InChI=1S/C24H22N6/c1-16-18-14-24(15-25,23-26-19-10-5-6-11-20(19)27-23)21-12-7-13-29(21)22(18)30(28-16)17-8-3-2-4-9-17/h2-6,8-11,21H,7,12-14H2,1H3,(H,26,27)/t21-,24+/m0/s1. The second-order valence-electron chi connectivity index (χ2n) is 8.35. The molecule has 1 fully saturated rings. The van der Waals surface area contributed by atoms with Crippen molar-refractivity contribution in [2.24, 2.45) is 0 Å². The maximum Gasteiger partial charge on any atom is 0.139 e. The molecule has 1 N–H and O–H groups in total. The van der Waals surface area contributed by atoms with Crippen molar-refractivity contribution < 1.29 is 0 Å². The van der Waals surface area contributed by atoms with Gasteiger partial charge in [0, 0.05) is 18.5 Å². The zero-order valence-electron chi connectivity index (χ0n) is 16.8. The monoisotopic (exact) mass is 394 g/mol. The Bertz CT molecular complexity index is 1260. The molecule has 2 aliphatic heterocycles. The Morgan fingerprint density at radius 3 is 2.73 bits per heavy atom. The van der Waals surface area contributed by atoms with E-state index in [2.05, 4.69) is 39.7 Å². The first kappa shape index (κ1) is 17.3. The molecule has 2 aromatic carbocycles. The number of imidazole rings is 1. The molecule has 148 valence electrons. The molecule has 1 saturated heterocycles. The number of aromatic nitrogens is 4. The van der Waals surface area contributed by atoms with Crippen LogP contribution in [0.15, 0.2) is 54.6 Å². The second kappa shape index (κ2) is 6.20. The summed E-state index contributed by atoms with van der Waals surface area (Å²) < 4.78 is 2.06. The van der Waals surface area contributed by atoms with Gasteiger partial charge in [-0.3, -0.25) is 0 Å². The van der Waals surface area contributed by atoms with Gasteiger partial charge in [0.25, 0.3) is 0 Å². The molecule has 0 amide bonds. The average Bonchev–Trinajstić information content (AvgIpc) is 3.51. The number of hydrogen-bond acceptors (Lipinski definition) is 4. The van der Waals surface area contributed by atoms with Crippen LogP contribution in [0.2, 0.25) is 0 Å². The van der Waals surface area contributed by atoms with Gasteiger partial charge in [-0.25, -0.2) is 9.67 Å². The molecule has 4 heterocycles. The van der Waals surface area contributed by atoms with Crippen LogP contribution in [0.1, 0.15) is 29.9 Å². The molecule has 30 heavy (non-hydrogen) atoms. The smallest absolute Gasteiger partial charge is 0.139 e. The van der Waals surface area contributed by atoms with E-state index in [9.17, 15) is 5.26 Å². The number of para-hydroxylation sites is 3. The Morgan fingerprint density at radius 1 is 1.13 bits per heavy atom. The number of aryl methyl sites for hydroxylation is 1. The van der Waals surface area contributed by atoms with Crippen LogP contribution in [-0.2, 0) is 11.8 Å². The molecule has 0 bridgehead atoms. The van der Waals surface area contributed by atoms with E-state index in [1.54, 1.807) is 0 Å². The highest BCUT2D eigenvalue weighted by atomic mass is 15.4. The molecule has 6 rings (SSSR count). The molecule has 2 aromatic heterocycles. The van der Waals surface area contributed by atoms with E-state index in [0.717, 1.165) is 59.0 Å². The van der Waals surface area contributed by atoms with Crippen LogP contribution in [-0.4, -0.2) is 32.3 Å². The fourth-order valence-corrected chi connectivity index (χ4v) is 5.30. The summed E-state index contributed by atoms with van der Waals surface area (Å²) in [6.45, 7) is 2.98. The topological polar surface area (TPSA) is 73.5 Å². The third-order valence-corrected chi connectivity index (χ3v) is 6.72. The summed E-state index contributed by atoms with van der Waals surface area (Å²) in [7, 11) is 0. The highest BCUT2D eigenvalue weighted by Gasteiger charge is 2.54. The van der Waals surface area contributed by atoms with E-state index >= 15 is 0 Å². The lowest BCUT2D eigenvalue weighted by atomic mass is 9.72. The van der Waals surface area contributed by atoms with Crippen LogP contribution in [0.25, 0.3) is 16.7 Å². The predicted molar refractivity (Wildman–Crippen MR) is 116 cm³/mol. The molecule has 6 heteroatoms. The largest absolute Gasteiger partial charge is 0.351 e. The summed E-state index contributed by atoms with van der Waals surface area (Å²) in [6.07, 6.45) is 2.66. The highest BCUT2D eigenvalue weighted by molar-refractivity contribution is 5.75. The van der Waals surface area contributed by atoms with Gasteiger partial charge in [0.15, 0.2) is 0 Å².